The van der Waals surface area contributed by atoms with Gasteiger partial charge in [-0.25, -0.2) is 0 Å². The van der Waals surface area contributed by atoms with Crippen LogP contribution in [0.1, 0.15) is 18.9 Å². The van der Waals surface area contributed by atoms with Gasteiger partial charge in [0.15, 0.2) is 0 Å². The van der Waals surface area contributed by atoms with Gasteiger partial charge in [-0.15, -0.1) is 24.8 Å². The number of aromatic nitrogens is 2. The first-order chi connectivity index (χ1) is 9.19. The smallest absolute Gasteiger partial charge is 0.224 e. The average molecular weight is 355 g/mol. The van der Waals surface area contributed by atoms with E-state index in [2.05, 4.69) is 10.4 Å². The zero-order chi connectivity index (χ0) is 13.7. The molecule has 1 saturated heterocycles. The van der Waals surface area contributed by atoms with E-state index in [4.69, 9.17) is 0 Å². The minimum absolute atomic E-state index is 0. The van der Waals surface area contributed by atoms with Crippen LogP contribution < -0.4 is 5.32 Å². The summed E-state index contributed by atoms with van der Waals surface area (Å²) < 4.78 is 1.77. The lowest BCUT2D eigenvalue weighted by atomic mass is 10.2. The first-order valence-electron chi connectivity index (χ1n) is 6.75. The molecule has 0 bridgehead atoms. The molecule has 1 atom stereocenters. The molecule has 1 aliphatic heterocycles. The van der Waals surface area contributed by atoms with Crippen LogP contribution in [0.25, 0.3) is 0 Å². The third-order valence-corrected chi connectivity index (χ3v) is 4.42. The number of hydrogen-bond donors (Lipinski definition) is 1. The Morgan fingerprint density at radius 2 is 2.33 bits per heavy atom. The number of thioether (sulfide) groups is 1. The van der Waals surface area contributed by atoms with E-state index >= 15 is 0 Å². The molecule has 1 fully saturated rings. The highest BCUT2D eigenvalue weighted by molar-refractivity contribution is 7.99. The largest absolute Gasteiger partial charge is 0.338 e. The summed E-state index contributed by atoms with van der Waals surface area (Å²) in [5.74, 6) is 2.42. The maximum atomic E-state index is 12.3. The van der Waals surface area contributed by atoms with E-state index in [9.17, 15) is 4.79 Å². The quantitative estimate of drug-likeness (QED) is 0.874. The van der Waals surface area contributed by atoms with E-state index in [1.165, 1.54) is 0 Å². The van der Waals surface area contributed by atoms with Crippen LogP contribution >= 0.6 is 36.6 Å². The molecule has 0 radical (unpaired) electrons. The molecule has 0 aliphatic carbocycles. The van der Waals surface area contributed by atoms with Gasteiger partial charge in [0.25, 0.3) is 0 Å². The van der Waals surface area contributed by atoms with Gasteiger partial charge in [0.2, 0.25) is 5.91 Å². The normalized spacial score (nSPS) is 17.5. The number of halogens is 2. The van der Waals surface area contributed by atoms with Crippen molar-refractivity contribution in [3.05, 3.63) is 18.0 Å². The van der Waals surface area contributed by atoms with E-state index in [0.29, 0.717) is 19.0 Å². The summed E-state index contributed by atoms with van der Waals surface area (Å²) in [6, 6.07) is 0.328. The molecular formula is C13H24Cl2N4OS. The van der Waals surface area contributed by atoms with Crippen LogP contribution in [0, 0.1) is 0 Å². The van der Waals surface area contributed by atoms with Crippen LogP contribution in [0.5, 0.6) is 0 Å². The van der Waals surface area contributed by atoms with Crippen molar-refractivity contribution < 1.29 is 4.79 Å². The third kappa shape index (κ3) is 6.46. The molecule has 1 aromatic heterocycles. The van der Waals surface area contributed by atoms with Crippen LogP contribution in [-0.2, 0) is 18.4 Å². The van der Waals surface area contributed by atoms with Crippen molar-refractivity contribution in [1.82, 2.24) is 20.0 Å². The van der Waals surface area contributed by atoms with Gasteiger partial charge in [-0.3, -0.25) is 9.48 Å². The van der Waals surface area contributed by atoms with Crippen molar-refractivity contribution in [2.24, 2.45) is 7.05 Å². The van der Waals surface area contributed by atoms with Crippen molar-refractivity contribution in [2.45, 2.75) is 25.9 Å². The number of nitrogens with zero attached hydrogens (tertiary/aromatic N) is 3. The van der Waals surface area contributed by atoms with Crippen molar-refractivity contribution in [1.29, 1.82) is 0 Å². The SMILES string of the molecule is CCN(Cc1cnn(C)c1)C(=O)CC1CSCCN1.Cl.Cl. The Labute approximate surface area is 143 Å². The first kappa shape index (κ1) is 20.6. The number of carbonyl (C=O) groups is 1. The average Bonchev–Trinajstić information content (AvgIpc) is 2.82. The van der Waals surface area contributed by atoms with Gasteiger partial charge in [0.1, 0.15) is 0 Å². The zero-order valence-corrected chi connectivity index (χ0v) is 14.9. The molecule has 122 valence electrons. The van der Waals surface area contributed by atoms with Crippen molar-refractivity contribution in [3.8, 4) is 0 Å². The Bertz CT molecular complexity index is 424. The highest BCUT2D eigenvalue weighted by atomic mass is 35.5. The minimum atomic E-state index is 0. The summed E-state index contributed by atoms with van der Waals surface area (Å²) in [6.07, 6.45) is 4.39. The molecule has 1 aliphatic rings. The van der Waals surface area contributed by atoms with Crippen LogP contribution in [0.3, 0.4) is 0 Å². The summed E-state index contributed by atoms with van der Waals surface area (Å²) in [5, 5.41) is 7.55. The standard InChI is InChI=1S/C13H22N4OS.2ClH/c1-3-17(9-11-7-15-16(2)8-11)13(18)6-12-10-19-5-4-14-12;;/h7-8,12,14H,3-6,9-10H2,1-2H3;2*1H. The second kappa shape index (κ2) is 10.3. The number of hydrogen-bond acceptors (Lipinski definition) is 4. The molecule has 8 heteroatoms. The molecule has 0 aromatic carbocycles. The molecular weight excluding hydrogens is 331 g/mol. The monoisotopic (exact) mass is 354 g/mol. The molecule has 2 heterocycles. The van der Waals surface area contributed by atoms with Gasteiger partial charge in [-0.1, -0.05) is 0 Å². The topological polar surface area (TPSA) is 50.2 Å². The Morgan fingerprint density at radius 1 is 1.57 bits per heavy atom. The van der Waals surface area contributed by atoms with Gasteiger partial charge in [-0.05, 0) is 6.92 Å². The third-order valence-electron chi connectivity index (χ3n) is 3.29. The number of carbonyl (C=O) groups excluding carboxylic acids is 1. The van der Waals surface area contributed by atoms with Crippen molar-refractivity contribution in [3.63, 3.8) is 0 Å². The summed E-state index contributed by atoms with van der Waals surface area (Å²) in [5.41, 5.74) is 1.09. The van der Waals surface area contributed by atoms with Gasteiger partial charge in [-0.2, -0.15) is 16.9 Å². The maximum absolute atomic E-state index is 12.3. The Balaban J connectivity index is 0.00000200. The first-order valence-corrected chi connectivity index (χ1v) is 7.91. The lowest BCUT2D eigenvalue weighted by Crippen LogP contribution is -2.42. The lowest BCUT2D eigenvalue weighted by molar-refractivity contribution is -0.132. The van der Waals surface area contributed by atoms with Gasteiger partial charge in [0.05, 0.1) is 6.20 Å². The molecule has 0 spiro atoms. The summed E-state index contributed by atoms with van der Waals surface area (Å²) >= 11 is 1.93. The fraction of sp³-hybridized carbons (Fsp3) is 0.692. The van der Waals surface area contributed by atoms with Crippen molar-refractivity contribution >= 4 is 42.5 Å². The van der Waals surface area contributed by atoms with E-state index < -0.39 is 0 Å². The van der Waals surface area contributed by atoms with Gasteiger partial charge in [0, 0.05) is 62.4 Å². The maximum Gasteiger partial charge on any atom is 0.224 e. The number of nitrogens with one attached hydrogen (secondary N) is 1. The van der Waals surface area contributed by atoms with Gasteiger partial charge < -0.3 is 10.2 Å². The highest BCUT2D eigenvalue weighted by Gasteiger charge is 2.20. The number of amides is 1. The Morgan fingerprint density at radius 3 is 2.86 bits per heavy atom. The minimum Gasteiger partial charge on any atom is -0.338 e. The molecule has 1 amide bonds. The summed E-state index contributed by atoms with van der Waals surface area (Å²) in [4.78, 5) is 14.2. The predicted octanol–water partition coefficient (Wildman–Crippen LogP) is 1.71. The second-order valence-corrected chi connectivity index (χ2v) is 6.01. The van der Waals surface area contributed by atoms with E-state index in [1.807, 2.05) is 43.0 Å². The molecule has 21 heavy (non-hydrogen) atoms. The summed E-state index contributed by atoms with van der Waals surface area (Å²) in [7, 11) is 1.89. The highest BCUT2D eigenvalue weighted by Crippen LogP contribution is 2.12. The number of aryl methyl sites for hydroxylation is 1. The Hall–Kier alpha value is -0.430. The van der Waals surface area contributed by atoms with E-state index in [0.717, 1.165) is 30.2 Å². The van der Waals surface area contributed by atoms with Crippen LogP contribution in [0.2, 0.25) is 0 Å². The molecule has 1 aromatic rings. The fourth-order valence-electron chi connectivity index (χ4n) is 2.24. The van der Waals surface area contributed by atoms with Crippen molar-refractivity contribution in [2.75, 3.05) is 24.6 Å². The predicted molar refractivity (Wildman–Crippen MR) is 92.5 cm³/mol. The Kier molecular flexibility index (Phi) is 10.1. The molecule has 1 N–H and O–H groups in total. The summed E-state index contributed by atoms with van der Waals surface area (Å²) in [6.45, 7) is 4.44. The van der Waals surface area contributed by atoms with E-state index in [-0.39, 0.29) is 30.7 Å². The van der Waals surface area contributed by atoms with E-state index in [1.54, 1.807) is 4.68 Å². The van der Waals surface area contributed by atoms with Crippen LogP contribution in [-0.4, -0.2) is 51.2 Å². The zero-order valence-electron chi connectivity index (χ0n) is 12.4. The fourth-order valence-corrected chi connectivity index (χ4v) is 3.19. The van der Waals surface area contributed by atoms with Gasteiger partial charge >= 0.3 is 0 Å². The van der Waals surface area contributed by atoms with Crippen LogP contribution in [0.15, 0.2) is 12.4 Å². The molecule has 0 saturated carbocycles. The second-order valence-electron chi connectivity index (χ2n) is 4.86. The van der Waals surface area contributed by atoms with Crippen LogP contribution in [0.4, 0.5) is 0 Å². The molecule has 5 nitrogen and oxygen atoms in total. The number of rotatable bonds is 5. The molecule has 1 unspecified atom stereocenters. The lowest BCUT2D eigenvalue weighted by Gasteiger charge is -2.26. The molecule has 2 rings (SSSR count).